The van der Waals surface area contributed by atoms with Gasteiger partial charge in [-0.05, 0) is 12.5 Å². The molecule has 1 rings (SSSR count). The Balaban J connectivity index is 3.32. The maximum atomic E-state index is 12.8. The average molecular weight is 340 g/mol. The maximum Gasteiger partial charge on any atom is 0.417 e. The number of aromatic nitrogens is 1. The molecule has 0 aliphatic heterocycles. The van der Waals surface area contributed by atoms with Gasteiger partial charge in [0, 0.05) is 19.3 Å². The molecule has 1 aromatic heterocycles. The summed E-state index contributed by atoms with van der Waals surface area (Å²) in [6.07, 6.45) is -3.34. The topological polar surface area (TPSA) is 77.1 Å². The second-order valence-corrected chi connectivity index (χ2v) is 5.08. The molecule has 1 heterocycles. The fourth-order valence-electron chi connectivity index (χ4n) is 1.94. The van der Waals surface area contributed by atoms with Gasteiger partial charge in [0.2, 0.25) is 5.91 Å². The lowest BCUT2D eigenvalue weighted by Crippen LogP contribution is -2.39. The highest BCUT2D eigenvalue weighted by Crippen LogP contribution is 2.30. The summed E-state index contributed by atoms with van der Waals surface area (Å²) < 4.78 is 39.3. The predicted molar refractivity (Wildman–Crippen MR) is 76.7 cm³/mol. The van der Waals surface area contributed by atoms with Gasteiger partial charge < -0.3 is 15.6 Å². The summed E-state index contributed by atoms with van der Waals surface area (Å²) in [6, 6.07) is -0.509. The maximum absolute atomic E-state index is 12.8. The second kappa shape index (κ2) is 7.64. The van der Waals surface area contributed by atoms with Crippen molar-refractivity contribution in [3.63, 3.8) is 0 Å². The van der Waals surface area contributed by atoms with E-state index in [1.807, 2.05) is 0 Å². The van der Waals surface area contributed by atoms with Gasteiger partial charge in [0.1, 0.15) is 11.1 Å². The van der Waals surface area contributed by atoms with Crippen molar-refractivity contribution >= 4 is 17.5 Å². The van der Waals surface area contributed by atoms with Crippen molar-refractivity contribution in [2.24, 2.45) is 5.73 Å². The Morgan fingerprint density at radius 1 is 1.50 bits per heavy atom. The Kier molecular flexibility index (Phi) is 6.43. The Morgan fingerprint density at radius 3 is 2.64 bits per heavy atom. The van der Waals surface area contributed by atoms with Crippen molar-refractivity contribution in [1.29, 1.82) is 0 Å². The van der Waals surface area contributed by atoms with E-state index >= 15 is 0 Å². The van der Waals surface area contributed by atoms with Crippen LogP contribution in [0, 0.1) is 0 Å². The molecular formula is C13H17ClF3N3O2. The highest BCUT2D eigenvalue weighted by atomic mass is 35.5. The number of rotatable bonds is 6. The number of carbonyl (C=O) groups is 1. The minimum atomic E-state index is -4.66. The number of pyridine rings is 1. The molecule has 0 spiro atoms. The monoisotopic (exact) mass is 339 g/mol. The molecular weight excluding hydrogens is 323 g/mol. The van der Waals surface area contributed by atoms with Gasteiger partial charge in [0.15, 0.2) is 0 Å². The first kappa shape index (κ1) is 18.5. The van der Waals surface area contributed by atoms with Crippen LogP contribution >= 0.6 is 11.6 Å². The SMILES string of the molecule is CCCC(C(=O)NCCN)n1cc(C(F)(F)F)cc(Cl)c1=O. The molecule has 0 aromatic carbocycles. The molecule has 9 heteroatoms. The number of hydrogen-bond donors (Lipinski definition) is 2. The van der Waals surface area contributed by atoms with Crippen LogP contribution in [0.2, 0.25) is 5.02 Å². The van der Waals surface area contributed by atoms with E-state index in [0.29, 0.717) is 18.7 Å². The Bertz CT molecular complexity index is 587. The van der Waals surface area contributed by atoms with Crippen molar-refractivity contribution in [1.82, 2.24) is 9.88 Å². The molecule has 0 fully saturated rings. The van der Waals surface area contributed by atoms with E-state index in [1.165, 1.54) is 0 Å². The molecule has 1 aromatic rings. The Labute approximate surface area is 130 Å². The molecule has 0 aliphatic rings. The highest BCUT2D eigenvalue weighted by molar-refractivity contribution is 6.30. The molecule has 0 bridgehead atoms. The van der Waals surface area contributed by atoms with Crippen LogP contribution in [0.5, 0.6) is 0 Å². The molecule has 124 valence electrons. The molecule has 3 N–H and O–H groups in total. The van der Waals surface area contributed by atoms with Gasteiger partial charge in [-0.1, -0.05) is 24.9 Å². The van der Waals surface area contributed by atoms with Gasteiger partial charge in [-0.3, -0.25) is 9.59 Å². The van der Waals surface area contributed by atoms with Crippen LogP contribution < -0.4 is 16.6 Å². The largest absolute Gasteiger partial charge is 0.417 e. The average Bonchev–Trinajstić information content (AvgIpc) is 2.44. The second-order valence-electron chi connectivity index (χ2n) is 4.67. The number of alkyl halides is 3. The van der Waals surface area contributed by atoms with E-state index in [0.717, 1.165) is 4.57 Å². The molecule has 22 heavy (non-hydrogen) atoms. The first-order valence-corrected chi connectivity index (χ1v) is 7.06. The third kappa shape index (κ3) is 4.48. The van der Waals surface area contributed by atoms with Crippen LogP contribution in [0.15, 0.2) is 17.1 Å². The summed E-state index contributed by atoms with van der Waals surface area (Å²) in [5.41, 5.74) is 3.36. The summed E-state index contributed by atoms with van der Waals surface area (Å²) in [5.74, 6) is -0.565. The molecule has 0 aliphatic carbocycles. The first-order chi connectivity index (χ1) is 10.2. The van der Waals surface area contributed by atoms with Gasteiger partial charge in [-0.2, -0.15) is 13.2 Å². The van der Waals surface area contributed by atoms with Gasteiger partial charge in [0.05, 0.1) is 5.56 Å². The molecule has 1 unspecified atom stereocenters. The van der Waals surface area contributed by atoms with Gasteiger partial charge in [-0.25, -0.2) is 0 Å². The van der Waals surface area contributed by atoms with E-state index in [4.69, 9.17) is 17.3 Å². The minimum absolute atomic E-state index is 0.167. The van der Waals surface area contributed by atoms with E-state index in [1.54, 1.807) is 6.92 Å². The molecule has 1 atom stereocenters. The highest BCUT2D eigenvalue weighted by Gasteiger charge is 2.33. The van der Waals surface area contributed by atoms with Crippen LogP contribution in [-0.4, -0.2) is 23.6 Å². The zero-order chi connectivity index (χ0) is 16.9. The summed E-state index contributed by atoms with van der Waals surface area (Å²) in [4.78, 5) is 24.1. The van der Waals surface area contributed by atoms with Gasteiger partial charge in [-0.15, -0.1) is 0 Å². The van der Waals surface area contributed by atoms with E-state index in [9.17, 15) is 22.8 Å². The quantitative estimate of drug-likeness (QED) is 0.831. The molecule has 0 saturated heterocycles. The molecule has 0 radical (unpaired) electrons. The van der Waals surface area contributed by atoms with Crippen LogP contribution in [0.25, 0.3) is 0 Å². The number of halogens is 4. The van der Waals surface area contributed by atoms with Gasteiger partial charge >= 0.3 is 6.18 Å². The van der Waals surface area contributed by atoms with E-state index < -0.39 is 34.3 Å². The van der Waals surface area contributed by atoms with Crippen LogP contribution in [-0.2, 0) is 11.0 Å². The third-order valence-electron chi connectivity index (χ3n) is 2.97. The van der Waals surface area contributed by atoms with Crippen LogP contribution in [0.1, 0.15) is 31.4 Å². The van der Waals surface area contributed by atoms with Gasteiger partial charge in [0.25, 0.3) is 5.56 Å². The standard InChI is InChI=1S/C13H17ClF3N3O2/c1-2-3-10(11(21)19-5-4-18)20-7-8(13(15,16)17)6-9(14)12(20)22/h6-7,10H,2-5,18H2,1H3,(H,19,21). The normalized spacial score (nSPS) is 13.0. The van der Waals surface area contributed by atoms with Crippen molar-refractivity contribution in [3.8, 4) is 0 Å². The lowest BCUT2D eigenvalue weighted by molar-refractivity contribution is -0.138. The zero-order valence-electron chi connectivity index (χ0n) is 11.9. The summed E-state index contributed by atoms with van der Waals surface area (Å²) >= 11 is 5.59. The number of carbonyl (C=O) groups excluding carboxylic acids is 1. The number of nitrogens with two attached hydrogens (primary N) is 1. The number of hydrogen-bond acceptors (Lipinski definition) is 3. The van der Waals surface area contributed by atoms with E-state index in [-0.39, 0.29) is 19.5 Å². The third-order valence-corrected chi connectivity index (χ3v) is 3.24. The Hall–Kier alpha value is -1.54. The fraction of sp³-hybridized carbons (Fsp3) is 0.538. The number of nitrogens with one attached hydrogen (secondary N) is 1. The fourth-order valence-corrected chi connectivity index (χ4v) is 2.15. The van der Waals surface area contributed by atoms with Crippen LogP contribution in [0.3, 0.4) is 0 Å². The lowest BCUT2D eigenvalue weighted by Gasteiger charge is -2.20. The molecule has 0 saturated carbocycles. The van der Waals surface area contributed by atoms with Crippen molar-refractivity contribution in [2.45, 2.75) is 32.0 Å². The Morgan fingerprint density at radius 2 is 2.14 bits per heavy atom. The minimum Gasteiger partial charge on any atom is -0.353 e. The summed E-state index contributed by atoms with van der Waals surface area (Å²) in [6.45, 7) is 2.10. The first-order valence-electron chi connectivity index (χ1n) is 6.69. The number of amides is 1. The molecule has 5 nitrogen and oxygen atoms in total. The molecule has 1 amide bonds. The van der Waals surface area contributed by atoms with Crippen molar-refractivity contribution in [3.05, 3.63) is 33.2 Å². The van der Waals surface area contributed by atoms with E-state index in [2.05, 4.69) is 5.32 Å². The van der Waals surface area contributed by atoms with Crippen LogP contribution in [0.4, 0.5) is 13.2 Å². The van der Waals surface area contributed by atoms with Crippen molar-refractivity contribution < 1.29 is 18.0 Å². The zero-order valence-corrected chi connectivity index (χ0v) is 12.7. The predicted octanol–water partition coefficient (Wildman–Crippen LogP) is 1.94. The van der Waals surface area contributed by atoms with Crippen molar-refractivity contribution in [2.75, 3.05) is 13.1 Å². The summed E-state index contributed by atoms with van der Waals surface area (Å²) in [5, 5.41) is 1.89. The summed E-state index contributed by atoms with van der Waals surface area (Å²) in [7, 11) is 0. The number of nitrogens with zero attached hydrogens (tertiary/aromatic N) is 1. The smallest absolute Gasteiger partial charge is 0.353 e. The lowest BCUT2D eigenvalue weighted by atomic mass is 10.1.